The Hall–Kier alpha value is -1.82. The average Bonchev–Trinajstić information content (AvgIpc) is 2.44. The molecule has 0 saturated carbocycles. The molecule has 1 atom stereocenters. The summed E-state index contributed by atoms with van der Waals surface area (Å²) >= 11 is 2.70. The minimum atomic E-state index is -5.21. The lowest BCUT2D eigenvalue weighted by atomic mass is 10.1. The summed E-state index contributed by atoms with van der Waals surface area (Å²) in [7, 11) is 0. The maximum Gasteiger partial charge on any atom is 0.471 e. The van der Waals surface area contributed by atoms with Gasteiger partial charge >= 0.3 is 18.3 Å². The number of benzene rings is 1. The van der Waals surface area contributed by atoms with E-state index in [4.69, 9.17) is 0 Å². The van der Waals surface area contributed by atoms with Crippen LogP contribution in [0.25, 0.3) is 0 Å². The van der Waals surface area contributed by atoms with Crippen molar-refractivity contribution in [3.05, 3.63) is 28.2 Å². The van der Waals surface area contributed by atoms with Crippen LogP contribution in [-0.2, 0) is 15.8 Å². The van der Waals surface area contributed by atoms with Gasteiger partial charge in [0.25, 0.3) is 5.91 Å². The Morgan fingerprint density at radius 2 is 1.68 bits per heavy atom. The zero-order chi connectivity index (χ0) is 19.6. The van der Waals surface area contributed by atoms with Crippen LogP contribution in [0, 0.1) is 0 Å². The summed E-state index contributed by atoms with van der Waals surface area (Å²) in [6.45, 7) is -0.303. The van der Waals surface area contributed by atoms with E-state index < -0.39 is 41.9 Å². The Kier molecular flexibility index (Phi) is 6.11. The molecule has 1 rings (SSSR count). The van der Waals surface area contributed by atoms with E-state index in [0.717, 1.165) is 19.1 Å². The van der Waals surface area contributed by atoms with E-state index in [1.165, 1.54) is 5.32 Å². The predicted molar refractivity (Wildman–Crippen MR) is 77.5 cm³/mol. The summed E-state index contributed by atoms with van der Waals surface area (Å²) in [5.41, 5.74) is -3.94. The van der Waals surface area contributed by atoms with Crippen LogP contribution >= 0.6 is 15.9 Å². The monoisotopic (exact) mass is 436 g/mol. The number of hydrogen-bond donors (Lipinski definition) is 3. The van der Waals surface area contributed by atoms with Crippen molar-refractivity contribution in [2.45, 2.75) is 24.9 Å². The molecule has 0 aliphatic carbocycles. The lowest BCUT2D eigenvalue weighted by Gasteiger charge is -2.23. The van der Waals surface area contributed by atoms with Crippen molar-refractivity contribution in [3.8, 4) is 0 Å². The molecule has 12 heteroatoms. The first-order valence-corrected chi connectivity index (χ1v) is 7.19. The molecule has 0 bridgehead atoms. The lowest BCUT2D eigenvalue weighted by molar-refractivity contribution is -0.174. The normalized spacial score (nSPS) is 14.6. The molecule has 0 spiro atoms. The molecule has 1 unspecified atom stereocenters. The molecule has 5 nitrogen and oxygen atoms in total. The van der Waals surface area contributed by atoms with Gasteiger partial charge < -0.3 is 15.7 Å². The van der Waals surface area contributed by atoms with E-state index in [1.54, 1.807) is 0 Å². The number of amides is 2. The maximum atomic E-state index is 12.8. The molecule has 0 aliphatic rings. The predicted octanol–water partition coefficient (Wildman–Crippen LogP) is 2.84. The lowest BCUT2D eigenvalue weighted by Crippen LogP contribution is -2.51. The number of alkyl halides is 6. The average molecular weight is 437 g/mol. The van der Waals surface area contributed by atoms with Gasteiger partial charge in [-0.15, -0.1) is 0 Å². The van der Waals surface area contributed by atoms with E-state index in [9.17, 15) is 41.0 Å². The third-order valence-electron chi connectivity index (χ3n) is 2.87. The number of carbonyl (C=O) groups excluding carboxylic acids is 2. The minimum absolute atomic E-state index is 0.290. The molecule has 3 N–H and O–H groups in total. The molecule has 0 aliphatic heterocycles. The van der Waals surface area contributed by atoms with Crippen LogP contribution in [0.4, 0.5) is 32.0 Å². The Balaban J connectivity index is 2.86. The zero-order valence-electron chi connectivity index (χ0n) is 12.3. The molecule has 0 radical (unpaired) electrons. The van der Waals surface area contributed by atoms with E-state index >= 15 is 0 Å². The minimum Gasteiger partial charge on any atom is -0.378 e. The van der Waals surface area contributed by atoms with Gasteiger partial charge in [0, 0.05) is 10.2 Å². The molecule has 1 aromatic carbocycles. The van der Waals surface area contributed by atoms with Crippen molar-refractivity contribution in [2.75, 3.05) is 11.9 Å². The van der Waals surface area contributed by atoms with Crippen molar-refractivity contribution in [2.24, 2.45) is 0 Å². The molecular formula is C13H11BrF6N2O3. The highest BCUT2D eigenvalue weighted by atomic mass is 79.9. The van der Waals surface area contributed by atoms with Gasteiger partial charge in [-0.05, 0) is 25.1 Å². The van der Waals surface area contributed by atoms with Crippen molar-refractivity contribution in [3.63, 3.8) is 0 Å². The number of aliphatic hydroxyl groups is 1. The second-order valence-corrected chi connectivity index (χ2v) is 5.96. The van der Waals surface area contributed by atoms with Crippen LogP contribution in [-0.4, -0.2) is 35.2 Å². The Morgan fingerprint density at radius 1 is 1.12 bits per heavy atom. The summed E-state index contributed by atoms with van der Waals surface area (Å²) < 4.78 is 74.2. The van der Waals surface area contributed by atoms with Crippen LogP contribution in [0.3, 0.4) is 0 Å². The van der Waals surface area contributed by atoms with Gasteiger partial charge in [0.1, 0.15) is 0 Å². The number of carbonyl (C=O) groups is 2. The largest absolute Gasteiger partial charge is 0.471 e. The summed E-state index contributed by atoms with van der Waals surface area (Å²) in [4.78, 5) is 22.5. The van der Waals surface area contributed by atoms with Crippen molar-refractivity contribution >= 4 is 33.4 Å². The molecule has 1 aromatic rings. The van der Waals surface area contributed by atoms with Gasteiger partial charge in [-0.25, -0.2) is 0 Å². The number of halogens is 7. The summed E-state index contributed by atoms with van der Waals surface area (Å²) in [5, 5.41) is 13.1. The summed E-state index contributed by atoms with van der Waals surface area (Å²) in [5.74, 6) is -3.67. The van der Waals surface area contributed by atoms with Gasteiger partial charge in [-0.3, -0.25) is 9.59 Å². The second-order valence-electron chi connectivity index (χ2n) is 5.10. The molecule has 25 heavy (non-hydrogen) atoms. The van der Waals surface area contributed by atoms with Gasteiger partial charge in [-0.2, -0.15) is 26.3 Å². The molecular weight excluding hydrogens is 426 g/mol. The molecule has 2 amide bonds. The second kappa shape index (κ2) is 7.20. The zero-order valence-corrected chi connectivity index (χ0v) is 13.9. The van der Waals surface area contributed by atoms with Crippen molar-refractivity contribution in [1.29, 1.82) is 0 Å². The van der Waals surface area contributed by atoms with E-state index in [-0.39, 0.29) is 10.2 Å². The SMILES string of the molecule is CC(O)(CNC(=O)C(F)(F)F)C(=O)Nc1ccc(Br)c(C(F)(F)F)c1. The fourth-order valence-electron chi connectivity index (χ4n) is 1.52. The Bertz CT molecular complexity index is 673. The van der Waals surface area contributed by atoms with Crippen LogP contribution < -0.4 is 10.6 Å². The van der Waals surface area contributed by atoms with Crippen LogP contribution in [0.5, 0.6) is 0 Å². The van der Waals surface area contributed by atoms with Gasteiger partial charge in [0.05, 0.1) is 12.1 Å². The quantitative estimate of drug-likeness (QED) is 0.635. The topological polar surface area (TPSA) is 78.4 Å². The summed E-state index contributed by atoms with van der Waals surface area (Å²) in [6.07, 6.45) is -9.93. The first kappa shape index (κ1) is 21.2. The van der Waals surface area contributed by atoms with Crippen LogP contribution in [0.2, 0.25) is 0 Å². The number of nitrogens with one attached hydrogen (secondary N) is 2. The fourth-order valence-corrected chi connectivity index (χ4v) is 1.99. The van der Waals surface area contributed by atoms with Crippen LogP contribution in [0.1, 0.15) is 12.5 Å². The van der Waals surface area contributed by atoms with Gasteiger partial charge in [0.2, 0.25) is 0 Å². The van der Waals surface area contributed by atoms with E-state index in [1.807, 2.05) is 5.32 Å². The first-order chi connectivity index (χ1) is 11.1. The number of hydrogen-bond acceptors (Lipinski definition) is 3. The highest BCUT2D eigenvalue weighted by molar-refractivity contribution is 9.10. The molecule has 0 fully saturated rings. The van der Waals surface area contributed by atoms with E-state index in [2.05, 4.69) is 15.9 Å². The van der Waals surface area contributed by atoms with Crippen molar-refractivity contribution < 1.29 is 41.0 Å². The third-order valence-corrected chi connectivity index (χ3v) is 3.56. The van der Waals surface area contributed by atoms with Crippen LogP contribution in [0.15, 0.2) is 22.7 Å². The molecule has 0 aromatic heterocycles. The fraction of sp³-hybridized carbons (Fsp3) is 0.385. The first-order valence-electron chi connectivity index (χ1n) is 6.40. The highest BCUT2D eigenvalue weighted by Crippen LogP contribution is 2.36. The Labute approximate surface area is 145 Å². The van der Waals surface area contributed by atoms with Crippen molar-refractivity contribution in [1.82, 2.24) is 5.32 Å². The Morgan fingerprint density at radius 3 is 2.16 bits per heavy atom. The van der Waals surface area contributed by atoms with Gasteiger partial charge in [-0.1, -0.05) is 15.9 Å². The molecule has 0 heterocycles. The maximum absolute atomic E-state index is 12.8. The van der Waals surface area contributed by atoms with Gasteiger partial charge in [0.15, 0.2) is 5.60 Å². The number of anilines is 1. The molecule has 0 saturated heterocycles. The number of rotatable bonds is 4. The smallest absolute Gasteiger partial charge is 0.378 e. The standard InChI is InChI=1S/C13H11BrF6N2O3/c1-11(25,5-21-10(24)13(18,19)20)9(23)22-6-2-3-8(14)7(4-6)12(15,16)17/h2-4,25H,5H2,1H3,(H,21,24)(H,22,23). The summed E-state index contributed by atoms with van der Waals surface area (Å²) in [6, 6.07) is 2.66. The molecule has 140 valence electrons. The van der Waals surface area contributed by atoms with E-state index in [0.29, 0.717) is 6.07 Å². The highest BCUT2D eigenvalue weighted by Gasteiger charge is 2.41. The third kappa shape index (κ3) is 5.88.